The second-order valence-electron chi connectivity index (χ2n) is 7.86. The maximum absolute atomic E-state index is 2.36. The van der Waals surface area contributed by atoms with Gasteiger partial charge in [-0.15, -0.1) is 0 Å². The van der Waals surface area contributed by atoms with E-state index in [0.29, 0.717) is 0 Å². The van der Waals surface area contributed by atoms with Gasteiger partial charge in [0.15, 0.2) is 0 Å². The van der Waals surface area contributed by atoms with Gasteiger partial charge >= 0.3 is 0 Å². The molecule has 0 aromatic heterocycles. The molecule has 0 spiro atoms. The Balaban J connectivity index is 1.70. The molecule has 2 rings (SSSR count). The van der Waals surface area contributed by atoms with E-state index in [1.165, 1.54) is 44.9 Å². The lowest BCUT2D eigenvalue weighted by atomic mass is 9.67. The van der Waals surface area contributed by atoms with Crippen LogP contribution < -0.4 is 0 Å². The molecule has 2 fully saturated rings. The minimum absolute atomic E-state index is 1.08. The summed E-state index contributed by atoms with van der Waals surface area (Å²) in [5.74, 6) is 4.39. The van der Waals surface area contributed by atoms with E-state index in [1.54, 1.807) is 44.9 Å². The first-order valence-electron chi connectivity index (χ1n) is 9.83. The summed E-state index contributed by atoms with van der Waals surface area (Å²) in [6, 6.07) is 0. The zero-order valence-corrected chi connectivity index (χ0v) is 14.2. The Bertz CT molecular complexity index is 236. The summed E-state index contributed by atoms with van der Waals surface area (Å²) in [4.78, 5) is 0. The van der Waals surface area contributed by atoms with Crippen LogP contribution in [0.3, 0.4) is 0 Å². The summed E-state index contributed by atoms with van der Waals surface area (Å²) < 4.78 is 0. The van der Waals surface area contributed by atoms with Crippen LogP contribution in [-0.4, -0.2) is 0 Å². The van der Waals surface area contributed by atoms with Gasteiger partial charge in [-0.05, 0) is 42.9 Å². The van der Waals surface area contributed by atoms with Crippen LogP contribution in [-0.2, 0) is 0 Å². The molecule has 0 aliphatic heterocycles. The lowest BCUT2D eigenvalue weighted by molar-refractivity contribution is 0.133. The van der Waals surface area contributed by atoms with Gasteiger partial charge in [-0.2, -0.15) is 0 Å². The van der Waals surface area contributed by atoms with Gasteiger partial charge in [0.25, 0.3) is 0 Å². The smallest absolute Gasteiger partial charge is 0.0383 e. The quantitative estimate of drug-likeness (QED) is 0.441. The van der Waals surface area contributed by atoms with Crippen LogP contribution >= 0.6 is 0 Å². The van der Waals surface area contributed by atoms with Crippen LogP contribution in [0.25, 0.3) is 0 Å². The van der Waals surface area contributed by atoms with E-state index >= 15 is 0 Å². The van der Waals surface area contributed by atoms with Crippen molar-refractivity contribution in [1.29, 1.82) is 0 Å². The molecule has 0 nitrogen and oxygen atoms in total. The van der Waals surface area contributed by atoms with Crippen LogP contribution in [0, 0.1) is 23.7 Å². The molecule has 20 heavy (non-hydrogen) atoms. The second kappa shape index (κ2) is 9.11. The Hall–Kier alpha value is 0. The topological polar surface area (TPSA) is 0 Å². The molecule has 2 saturated carbocycles. The van der Waals surface area contributed by atoms with Gasteiger partial charge in [0.1, 0.15) is 0 Å². The molecule has 0 amide bonds. The minimum atomic E-state index is 1.08. The Morgan fingerprint density at radius 1 is 0.650 bits per heavy atom. The molecule has 0 saturated heterocycles. The fourth-order valence-electron chi connectivity index (χ4n) is 5.06. The molecule has 0 heterocycles. The molecular formula is C20H38. The van der Waals surface area contributed by atoms with Crippen molar-refractivity contribution >= 4 is 0 Å². The summed E-state index contributed by atoms with van der Waals surface area (Å²) in [5.41, 5.74) is 0. The van der Waals surface area contributed by atoms with Gasteiger partial charge in [0.05, 0.1) is 0 Å². The van der Waals surface area contributed by atoms with Crippen LogP contribution in [0.4, 0.5) is 0 Å². The van der Waals surface area contributed by atoms with E-state index in [4.69, 9.17) is 0 Å². The third kappa shape index (κ3) is 5.08. The highest BCUT2D eigenvalue weighted by atomic mass is 14.4. The van der Waals surface area contributed by atoms with Crippen LogP contribution in [0.1, 0.15) is 104 Å². The molecule has 0 aromatic rings. The largest absolute Gasteiger partial charge is 0.0654 e. The van der Waals surface area contributed by atoms with E-state index in [1.807, 2.05) is 0 Å². The Morgan fingerprint density at radius 2 is 1.45 bits per heavy atom. The van der Waals surface area contributed by atoms with Gasteiger partial charge < -0.3 is 0 Å². The summed E-state index contributed by atoms with van der Waals surface area (Å²) in [7, 11) is 0. The number of hydrogen-bond donors (Lipinski definition) is 0. The zero-order valence-electron chi connectivity index (χ0n) is 14.2. The van der Waals surface area contributed by atoms with Crippen molar-refractivity contribution in [2.75, 3.05) is 0 Å². The molecule has 0 unspecified atom stereocenters. The van der Waals surface area contributed by atoms with Crippen LogP contribution in [0.15, 0.2) is 0 Å². The molecule has 2 atom stereocenters. The number of hydrogen-bond acceptors (Lipinski definition) is 0. The van der Waals surface area contributed by atoms with Crippen molar-refractivity contribution in [2.24, 2.45) is 23.7 Å². The van der Waals surface area contributed by atoms with Crippen molar-refractivity contribution < 1.29 is 0 Å². The standard InChI is InChI=1S/C20H38/c1-3-5-6-9-18-10-7-11-20(16-18)19-14-12-17(8-4-2)13-15-19/h17-20H,3-16H2,1-2H3/t17?,18-,19?,20-/m1/s1. The summed E-state index contributed by atoms with van der Waals surface area (Å²) in [6.07, 6.45) is 21.3. The maximum atomic E-state index is 2.36. The van der Waals surface area contributed by atoms with Gasteiger partial charge in [0.2, 0.25) is 0 Å². The highest BCUT2D eigenvalue weighted by molar-refractivity contribution is 4.82. The molecule has 2 aliphatic rings. The van der Waals surface area contributed by atoms with Gasteiger partial charge in [-0.3, -0.25) is 0 Å². The lowest BCUT2D eigenvalue weighted by Crippen LogP contribution is -2.26. The average molecular weight is 279 g/mol. The number of unbranched alkanes of at least 4 members (excludes halogenated alkanes) is 2. The van der Waals surface area contributed by atoms with Gasteiger partial charge in [-0.25, -0.2) is 0 Å². The van der Waals surface area contributed by atoms with Gasteiger partial charge in [-0.1, -0.05) is 84.5 Å². The Morgan fingerprint density at radius 3 is 2.15 bits per heavy atom. The zero-order chi connectivity index (χ0) is 14.2. The predicted molar refractivity (Wildman–Crippen MR) is 89.9 cm³/mol. The van der Waals surface area contributed by atoms with Crippen molar-refractivity contribution in [1.82, 2.24) is 0 Å². The summed E-state index contributed by atoms with van der Waals surface area (Å²) in [6.45, 7) is 4.69. The molecule has 0 heteroatoms. The molecule has 0 aromatic carbocycles. The number of rotatable bonds is 7. The average Bonchev–Trinajstić information content (AvgIpc) is 2.49. The van der Waals surface area contributed by atoms with Crippen LogP contribution in [0.5, 0.6) is 0 Å². The molecule has 0 radical (unpaired) electrons. The fraction of sp³-hybridized carbons (Fsp3) is 1.00. The Kier molecular flexibility index (Phi) is 7.45. The molecular weight excluding hydrogens is 240 g/mol. The first-order valence-corrected chi connectivity index (χ1v) is 9.83. The van der Waals surface area contributed by atoms with Crippen molar-refractivity contribution in [3.8, 4) is 0 Å². The summed E-state index contributed by atoms with van der Waals surface area (Å²) in [5, 5.41) is 0. The summed E-state index contributed by atoms with van der Waals surface area (Å²) >= 11 is 0. The van der Waals surface area contributed by atoms with Crippen LogP contribution in [0.2, 0.25) is 0 Å². The van der Waals surface area contributed by atoms with E-state index < -0.39 is 0 Å². The lowest BCUT2D eigenvalue weighted by Gasteiger charge is -2.38. The third-order valence-electron chi connectivity index (χ3n) is 6.29. The second-order valence-corrected chi connectivity index (χ2v) is 7.86. The normalized spacial score (nSPS) is 35.1. The highest BCUT2D eigenvalue weighted by Gasteiger charge is 2.30. The first-order chi connectivity index (χ1) is 9.83. The van der Waals surface area contributed by atoms with E-state index in [-0.39, 0.29) is 0 Å². The van der Waals surface area contributed by atoms with Gasteiger partial charge in [0, 0.05) is 0 Å². The highest BCUT2D eigenvalue weighted by Crippen LogP contribution is 2.43. The van der Waals surface area contributed by atoms with Crippen molar-refractivity contribution in [3.05, 3.63) is 0 Å². The first kappa shape index (κ1) is 16.4. The fourth-order valence-corrected chi connectivity index (χ4v) is 5.06. The molecule has 0 bridgehead atoms. The molecule has 2 aliphatic carbocycles. The van der Waals surface area contributed by atoms with E-state index in [0.717, 1.165) is 23.7 Å². The molecule has 0 N–H and O–H groups in total. The van der Waals surface area contributed by atoms with Crippen molar-refractivity contribution in [3.63, 3.8) is 0 Å². The maximum Gasteiger partial charge on any atom is -0.0383 e. The third-order valence-corrected chi connectivity index (χ3v) is 6.29. The minimum Gasteiger partial charge on any atom is -0.0654 e. The monoisotopic (exact) mass is 278 g/mol. The van der Waals surface area contributed by atoms with Crippen molar-refractivity contribution in [2.45, 2.75) is 104 Å². The SMILES string of the molecule is CCCCC[C@@H]1CCC[C@@H](C2CCC(CCC)CC2)C1. The van der Waals surface area contributed by atoms with E-state index in [9.17, 15) is 0 Å². The Labute approximate surface area is 128 Å². The predicted octanol–water partition coefficient (Wildman–Crippen LogP) is 6.98. The molecule has 118 valence electrons. The van der Waals surface area contributed by atoms with E-state index in [2.05, 4.69) is 13.8 Å².